The van der Waals surface area contributed by atoms with Gasteiger partial charge >= 0.3 is 0 Å². The molecule has 0 aliphatic carbocycles. The summed E-state index contributed by atoms with van der Waals surface area (Å²) in [6.07, 6.45) is 1.69. The van der Waals surface area contributed by atoms with Crippen molar-refractivity contribution in [3.8, 4) is 0 Å². The molecule has 0 amide bonds. The highest BCUT2D eigenvalue weighted by Crippen LogP contribution is 2.19. The molecule has 1 aromatic rings. The van der Waals surface area contributed by atoms with Crippen LogP contribution in [0.5, 0.6) is 0 Å². The molecule has 1 saturated heterocycles. The summed E-state index contributed by atoms with van der Waals surface area (Å²) in [5.41, 5.74) is 7.52. The zero-order chi connectivity index (χ0) is 12.3. The summed E-state index contributed by atoms with van der Waals surface area (Å²) in [6, 6.07) is 3.69. The largest absolute Gasteiger partial charge is 0.710 e. The number of anilines is 2. The highest BCUT2D eigenvalue weighted by Gasteiger charge is 2.15. The second-order valence-corrected chi connectivity index (χ2v) is 4.27. The molecule has 2 rings (SSSR count). The van der Waals surface area contributed by atoms with Gasteiger partial charge in [-0.25, -0.2) is 4.73 Å². The molecule has 0 saturated carbocycles. The highest BCUT2D eigenvalue weighted by molar-refractivity contribution is 5.51. The molecule has 1 fully saturated rings. The molecular weight excluding hydrogens is 218 g/mol. The third kappa shape index (κ3) is 2.61. The predicted octanol–water partition coefficient (Wildman–Crippen LogP) is 0.691. The van der Waals surface area contributed by atoms with Crippen LogP contribution in [0.3, 0.4) is 0 Å². The number of aryl methyl sites for hydroxylation is 1. The Kier molecular flexibility index (Phi) is 3.68. The number of ether oxygens (including phenoxy) is 1. The van der Waals surface area contributed by atoms with Gasteiger partial charge in [0, 0.05) is 31.3 Å². The van der Waals surface area contributed by atoms with Gasteiger partial charge in [0.2, 0.25) is 0 Å². The molecule has 0 aromatic carbocycles. The van der Waals surface area contributed by atoms with Crippen LogP contribution in [0.4, 0.5) is 11.5 Å². The van der Waals surface area contributed by atoms with E-state index in [0.29, 0.717) is 0 Å². The summed E-state index contributed by atoms with van der Waals surface area (Å²) in [4.78, 5) is 2.21. The Labute approximate surface area is 101 Å². The lowest BCUT2D eigenvalue weighted by molar-refractivity contribution is -0.598. The molecule has 0 bridgehead atoms. The molecule has 1 aliphatic heterocycles. The standard InChI is InChI=1S/C12H19N3O2/c1-2-3-10-8-11(9-12(13)15(10)16)14-4-6-17-7-5-14/h8-9H,2-7,13H2,1H3. The summed E-state index contributed by atoms with van der Waals surface area (Å²) < 4.78 is 6.14. The molecule has 5 heteroatoms. The van der Waals surface area contributed by atoms with E-state index in [4.69, 9.17) is 10.5 Å². The van der Waals surface area contributed by atoms with Gasteiger partial charge in [0.15, 0.2) is 0 Å². The maximum atomic E-state index is 11.7. The highest BCUT2D eigenvalue weighted by atomic mass is 16.5. The fourth-order valence-corrected chi connectivity index (χ4v) is 2.08. The molecule has 5 nitrogen and oxygen atoms in total. The van der Waals surface area contributed by atoms with E-state index in [9.17, 15) is 5.21 Å². The summed E-state index contributed by atoms with van der Waals surface area (Å²) in [6.45, 7) is 5.23. The van der Waals surface area contributed by atoms with Crippen LogP contribution in [-0.2, 0) is 11.2 Å². The average Bonchev–Trinajstić information content (AvgIpc) is 2.36. The van der Waals surface area contributed by atoms with Gasteiger partial charge in [-0.2, -0.15) is 0 Å². The molecule has 1 aliphatic rings. The molecule has 17 heavy (non-hydrogen) atoms. The Bertz CT molecular complexity index is 390. The second-order valence-electron chi connectivity index (χ2n) is 4.27. The minimum atomic E-state index is 0.275. The zero-order valence-electron chi connectivity index (χ0n) is 10.2. The van der Waals surface area contributed by atoms with Crippen LogP contribution in [0.25, 0.3) is 0 Å². The first kappa shape index (κ1) is 12.0. The van der Waals surface area contributed by atoms with E-state index in [1.165, 1.54) is 0 Å². The van der Waals surface area contributed by atoms with Crippen LogP contribution in [0, 0.1) is 5.21 Å². The Balaban J connectivity index is 2.27. The third-order valence-electron chi connectivity index (χ3n) is 2.99. The lowest BCUT2D eigenvalue weighted by atomic mass is 10.2. The van der Waals surface area contributed by atoms with Crippen LogP contribution < -0.4 is 15.4 Å². The molecule has 0 spiro atoms. The first-order valence-electron chi connectivity index (χ1n) is 6.07. The molecule has 0 unspecified atom stereocenters. The average molecular weight is 237 g/mol. The van der Waals surface area contributed by atoms with Gasteiger partial charge < -0.3 is 14.8 Å². The van der Waals surface area contributed by atoms with Gasteiger partial charge in [0.05, 0.1) is 19.3 Å². The van der Waals surface area contributed by atoms with Crippen molar-refractivity contribution in [2.24, 2.45) is 0 Å². The number of nitrogens with two attached hydrogens (primary N) is 1. The molecule has 0 atom stereocenters. The number of rotatable bonds is 3. The molecule has 0 radical (unpaired) electrons. The van der Waals surface area contributed by atoms with Crippen LogP contribution >= 0.6 is 0 Å². The number of hydrogen-bond acceptors (Lipinski definition) is 4. The van der Waals surface area contributed by atoms with Crippen molar-refractivity contribution in [3.05, 3.63) is 23.0 Å². The number of morpholine rings is 1. The van der Waals surface area contributed by atoms with E-state index in [0.717, 1.165) is 55.3 Å². The fraction of sp³-hybridized carbons (Fsp3) is 0.583. The first-order valence-corrected chi connectivity index (χ1v) is 6.07. The normalized spacial score (nSPS) is 16.2. The van der Waals surface area contributed by atoms with Crippen molar-refractivity contribution in [1.29, 1.82) is 0 Å². The fourth-order valence-electron chi connectivity index (χ4n) is 2.08. The summed E-state index contributed by atoms with van der Waals surface area (Å²) in [5, 5.41) is 11.7. The Morgan fingerprint density at radius 1 is 1.41 bits per heavy atom. The van der Waals surface area contributed by atoms with Crippen LogP contribution in [0.1, 0.15) is 19.0 Å². The van der Waals surface area contributed by atoms with Crippen molar-refractivity contribution < 1.29 is 9.47 Å². The van der Waals surface area contributed by atoms with Crippen molar-refractivity contribution in [2.75, 3.05) is 36.9 Å². The Morgan fingerprint density at radius 2 is 2.12 bits per heavy atom. The Morgan fingerprint density at radius 3 is 2.76 bits per heavy atom. The zero-order valence-corrected chi connectivity index (χ0v) is 10.2. The number of aromatic nitrogens is 1. The van der Waals surface area contributed by atoms with Crippen molar-refractivity contribution in [3.63, 3.8) is 0 Å². The number of nitrogens with zero attached hydrogens (tertiary/aromatic N) is 2. The van der Waals surface area contributed by atoms with Gasteiger partial charge in [-0.3, -0.25) is 5.73 Å². The topological polar surface area (TPSA) is 65.4 Å². The maximum Gasteiger partial charge on any atom is 0.277 e. The maximum absolute atomic E-state index is 11.7. The molecular formula is C12H19N3O2. The van der Waals surface area contributed by atoms with E-state index in [1.807, 2.05) is 6.07 Å². The van der Waals surface area contributed by atoms with Crippen LogP contribution in [-0.4, -0.2) is 26.3 Å². The lowest BCUT2D eigenvalue weighted by Crippen LogP contribution is -2.39. The van der Waals surface area contributed by atoms with Gasteiger partial charge in [0.25, 0.3) is 5.82 Å². The monoisotopic (exact) mass is 237 g/mol. The summed E-state index contributed by atoms with van der Waals surface area (Å²) in [5.74, 6) is 0.275. The number of hydrogen-bond donors (Lipinski definition) is 1. The summed E-state index contributed by atoms with van der Waals surface area (Å²) in [7, 11) is 0. The van der Waals surface area contributed by atoms with Crippen molar-refractivity contribution in [1.82, 2.24) is 0 Å². The van der Waals surface area contributed by atoms with Gasteiger partial charge in [-0.05, 0) is 6.42 Å². The van der Waals surface area contributed by atoms with Gasteiger partial charge in [-0.1, -0.05) is 6.92 Å². The van der Waals surface area contributed by atoms with Crippen LogP contribution in [0.2, 0.25) is 0 Å². The van der Waals surface area contributed by atoms with Gasteiger partial charge in [0.1, 0.15) is 5.69 Å². The Hall–Kier alpha value is -1.49. The van der Waals surface area contributed by atoms with Crippen LogP contribution in [0.15, 0.2) is 12.1 Å². The lowest BCUT2D eigenvalue weighted by Gasteiger charge is -2.29. The second kappa shape index (κ2) is 5.23. The minimum absolute atomic E-state index is 0.275. The van der Waals surface area contributed by atoms with Gasteiger partial charge in [-0.15, -0.1) is 0 Å². The van der Waals surface area contributed by atoms with E-state index in [1.54, 1.807) is 6.07 Å². The van der Waals surface area contributed by atoms with E-state index >= 15 is 0 Å². The van der Waals surface area contributed by atoms with E-state index < -0.39 is 0 Å². The van der Waals surface area contributed by atoms with Crippen molar-refractivity contribution >= 4 is 11.5 Å². The smallest absolute Gasteiger partial charge is 0.277 e. The predicted molar refractivity (Wildman–Crippen MR) is 66.8 cm³/mol. The number of nitrogen functional groups attached to an aromatic ring is 1. The molecule has 2 heterocycles. The molecule has 1 aromatic heterocycles. The minimum Gasteiger partial charge on any atom is -0.710 e. The first-order chi connectivity index (χ1) is 8.22. The molecule has 94 valence electrons. The number of pyridine rings is 1. The quantitative estimate of drug-likeness (QED) is 0.620. The van der Waals surface area contributed by atoms with E-state index in [2.05, 4.69) is 11.8 Å². The van der Waals surface area contributed by atoms with Crippen molar-refractivity contribution in [2.45, 2.75) is 19.8 Å². The third-order valence-corrected chi connectivity index (χ3v) is 2.99. The molecule has 2 N–H and O–H groups in total. The SMILES string of the molecule is CCCc1cc(N2CCOCC2)cc(N)[n+]1[O-]. The van der Waals surface area contributed by atoms with E-state index in [-0.39, 0.29) is 5.82 Å². The summed E-state index contributed by atoms with van der Waals surface area (Å²) >= 11 is 0.